The number of piperidine rings is 2. The Morgan fingerprint density at radius 2 is 2.13 bits per heavy atom. The van der Waals surface area contributed by atoms with Gasteiger partial charge in [0, 0.05) is 50.4 Å². The van der Waals surface area contributed by atoms with E-state index in [1.165, 1.54) is 23.4 Å². The van der Waals surface area contributed by atoms with E-state index >= 15 is 0 Å². The maximum atomic E-state index is 12.3. The van der Waals surface area contributed by atoms with Crippen molar-refractivity contribution in [3.63, 3.8) is 0 Å². The van der Waals surface area contributed by atoms with Gasteiger partial charge in [0.15, 0.2) is 0 Å². The van der Waals surface area contributed by atoms with Gasteiger partial charge in [-0.1, -0.05) is 12.1 Å². The van der Waals surface area contributed by atoms with Crippen LogP contribution in [0.3, 0.4) is 0 Å². The number of amidine groups is 1. The standard InChI is InChI=1S/C24H31N5O/c1-16-6-5-12-25-24(16)19-8-3-7-18(26-19)20-15-29-21(9-4-10-22(29)27-20)17-11-13-28(2)23(30)14-17/h4-6,9-10,12,17-20,26H,3,7-8,11,13-15H2,1-2H3/t17?,18-,19+,20?/m1/s1. The van der Waals surface area contributed by atoms with Crippen LogP contribution in [0.15, 0.2) is 47.2 Å². The first-order valence-corrected chi connectivity index (χ1v) is 11.3. The number of pyridine rings is 1. The van der Waals surface area contributed by atoms with Gasteiger partial charge in [0.25, 0.3) is 0 Å². The molecule has 1 aromatic heterocycles. The number of fused-ring (bicyclic) bond motifs is 1. The van der Waals surface area contributed by atoms with Gasteiger partial charge in [-0.3, -0.25) is 14.8 Å². The van der Waals surface area contributed by atoms with Crippen LogP contribution in [0.4, 0.5) is 0 Å². The fourth-order valence-electron chi connectivity index (χ4n) is 5.37. The minimum atomic E-state index is 0.236. The number of hydrogen-bond donors (Lipinski definition) is 1. The molecule has 6 nitrogen and oxygen atoms in total. The van der Waals surface area contributed by atoms with Crippen LogP contribution < -0.4 is 5.32 Å². The zero-order valence-corrected chi connectivity index (χ0v) is 17.9. The Kier molecular flexibility index (Phi) is 5.19. The number of carbonyl (C=O) groups excluding carboxylic acids is 1. The van der Waals surface area contributed by atoms with E-state index < -0.39 is 0 Å². The average Bonchev–Trinajstić information content (AvgIpc) is 3.21. The molecule has 2 unspecified atom stereocenters. The molecule has 5 rings (SSSR count). The molecule has 0 bridgehead atoms. The van der Waals surface area contributed by atoms with Gasteiger partial charge < -0.3 is 15.1 Å². The normalized spacial score (nSPS) is 31.5. The minimum Gasteiger partial charge on any atom is -0.346 e. The summed E-state index contributed by atoms with van der Waals surface area (Å²) in [5.41, 5.74) is 3.70. The van der Waals surface area contributed by atoms with Crippen LogP contribution in [-0.2, 0) is 4.79 Å². The van der Waals surface area contributed by atoms with Crippen LogP contribution in [0, 0.1) is 12.8 Å². The van der Waals surface area contributed by atoms with E-state index in [4.69, 9.17) is 4.99 Å². The third kappa shape index (κ3) is 3.58. The summed E-state index contributed by atoms with van der Waals surface area (Å²) in [6.07, 6.45) is 13.4. The van der Waals surface area contributed by atoms with Crippen molar-refractivity contribution in [3.05, 3.63) is 53.5 Å². The highest BCUT2D eigenvalue weighted by Crippen LogP contribution is 2.34. The second-order valence-electron chi connectivity index (χ2n) is 9.08. The Labute approximate surface area is 178 Å². The third-order valence-corrected chi connectivity index (χ3v) is 7.11. The lowest BCUT2D eigenvalue weighted by Gasteiger charge is -2.37. The van der Waals surface area contributed by atoms with Crippen molar-refractivity contribution in [3.8, 4) is 0 Å². The van der Waals surface area contributed by atoms with Crippen LogP contribution in [0.2, 0.25) is 0 Å². The molecule has 4 atom stereocenters. The van der Waals surface area contributed by atoms with E-state index in [9.17, 15) is 4.79 Å². The van der Waals surface area contributed by atoms with E-state index in [1.54, 1.807) is 0 Å². The topological polar surface area (TPSA) is 60.8 Å². The van der Waals surface area contributed by atoms with Gasteiger partial charge in [0.05, 0.1) is 17.8 Å². The first-order chi connectivity index (χ1) is 14.6. The third-order valence-electron chi connectivity index (χ3n) is 7.11. The molecule has 0 saturated carbocycles. The molecule has 0 aliphatic carbocycles. The van der Waals surface area contributed by atoms with Crippen molar-refractivity contribution < 1.29 is 4.79 Å². The van der Waals surface area contributed by atoms with Crippen LogP contribution >= 0.6 is 0 Å². The van der Waals surface area contributed by atoms with Gasteiger partial charge in [-0.15, -0.1) is 0 Å². The summed E-state index contributed by atoms with van der Waals surface area (Å²) in [6.45, 7) is 3.88. The van der Waals surface area contributed by atoms with E-state index in [-0.39, 0.29) is 11.9 Å². The summed E-state index contributed by atoms with van der Waals surface area (Å²) in [6, 6.07) is 5.06. The number of aromatic nitrogens is 1. The van der Waals surface area contributed by atoms with Gasteiger partial charge >= 0.3 is 0 Å². The van der Waals surface area contributed by atoms with Crippen LogP contribution in [0.25, 0.3) is 0 Å². The number of carbonyl (C=O) groups is 1. The van der Waals surface area contributed by atoms with E-state index in [0.29, 0.717) is 24.4 Å². The maximum absolute atomic E-state index is 12.3. The number of allylic oxidation sites excluding steroid dienone is 3. The van der Waals surface area contributed by atoms with Crippen LogP contribution in [0.1, 0.15) is 49.4 Å². The number of likely N-dealkylation sites (tertiary alicyclic amines) is 1. The second kappa shape index (κ2) is 7.99. The summed E-state index contributed by atoms with van der Waals surface area (Å²) in [5.74, 6) is 1.60. The molecule has 6 heteroatoms. The van der Waals surface area contributed by atoms with Gasteiger partial charge in [0.1, 0.15) is 5.84 Å². The first kappa shape index (κ1) is 19.5. The number of nitrogens with one attached hydrogen (secondary N) is 1. The lowest BCUT2D eigenvalue weighted by atomic mass is 9.89. The number of aryl methyl sites for hydroxylation is 1. The highest BCUT2D eigenvalue weighted by atomic mass is 16.2. The fraction of sp³-hybridized carbons (Fsp3) is 0.542. The summed E-state index contributed by atoms with van der Waals surface area (Å²) >= 11 is 0. The largest absolute Gasteiger partial charge is 0.346 e. The van der Waals surface area contributed by atoms with Gasteiger partial charge in [-0.2, -0.15) is 0 Å². The van der Waals surface area contributed by atoms with Crippen LogP contribution in [0.5, 0.6) is 0 Å². The molecule has 0 spiro atoms. The Bertz CT molecular complexity index is 920. The zero-order valence-electron chi connectivity index (χ0n) is 17.9. The highest BCUT2D eigenvalue weighted by molar-refractivity contribution is 5.97. The highest BCUT2D eigenvalue weighted by Gasteiger charge is 2.38. The molecule has 30 heavy (non-hydrogen) atoms. The molecular weight excluding hydrogens is 374 g/mol. The Morgan fingerprint density at radius 3 is 2.97 bits per heavy atom. The molecule has 158 valence electrons. The van der Waals surface area contributed by atoms with Crippen molar-refractivity contribution in [1.82, 2.24) is 20.1 Å². The van der Waals surface area contributed by atoms with Crippen LogP contribution in [-0.4, -0.2) is 58.7 Å². The Morgan fingerprint density at radius 1 is 1.23 bits per heavy atom. The number of amides is 1. The van der Waals surface area contributed by atoms with E-state index in [1.807, 2.05) is 24.2 Å². The van der Waals surface area contributed by atoms with E-state index in [2.05, 4.69) is 46.4 Å². The molecule has 5 heterocycles. The summed E-state index contributed by atoms with van der Waals surface area (Å²) < 4.78 is 0. The maximum Gasteiger partial charge on any atom is 0.222 e. The molecule has 0 radical (unpaired) electrons. The molecule has 2 fully saturated rings. The van der Waals surface area contributed by atoms with Crippen molar-refractivity contribution >= 4 is 11.7 Å². The van der Waals surface area contributed by atoms with Crippen molar-refractivity contribution in [2.45, 2.75) is 57.2 Å². The smallest absolute Gasteiger partial charge is 0.222 e. The number of hydrogen-bond acceptors (Lipinski definition) is 5. The van der Waals surface area contributed by atoms with Crippen molar-refractivity contribution in [2.24, 2.45) is 10.9 Å². The number of aliphatic imine (C=N–C) groups is 1. The van der Waals surface area contributed by atoms with Gasteiger partial charge in [0.2, 0.25) is 5.91 Å². The predicted molar refractivity (Wildman–Crippen MR) is 118 cm³/mol. The monoisotopic (exact) mass is 405 g/mol. The molecule has 1 amide bonds. The summed E-state index contributed by atoms with van der Waals surface area (Å²) in [7, 11) is 1.90. The van der Waals surface area contributed by atoms with E-state index in [0.717, 1.165) is 38.2 Å². The first-order valence-electron chi connectivity index (χ1n) is 11.3. The predicted octanol–water partition coefficient (Wildman–Crippen LogP) is 2.98. The molecule has 2 saturated heterocycles. The molecule has 1 N–H and O–H groups in total. The fourth-order valence-corrected chi connectivity index (χ4v) is 5.37. The van der Waals surface area contributed by atoms with Gasteiger partial charge in [-0.25, -0.2) is 0 Å². The van der Waals surface area contributed by atoms with Crippen molar-refractivity contribution in [1.29, 1.82) is 0 Å². The quantitative estimate of drug-likeness (QED) is 0.840. The van der Waals surface area contributed by atoms with Gasteiger partial charge in [-0.05, 0) is 56.4 Å². The summed E-state index contributed by atoms with van der Waals surface area (Å²) in [4.78, 5) is 26.2. The molecule has 1 aromatic rings. The molecule has 4 aliphatic heterocycles. The van der Waals surface area contributed by atoms with Crippen molar-refractivity contribution in [2.75, 3.05) is 20.1 Å². The molecule has 0 aromatic carbocycles. The Balaban J connectivity index is 1.30. The molecular formula is C24H31N5O. The Hall–Kier alpha value is -2.47. The zero-order chi connectivity index (χ0) is 20.7. The average molecular weight is 406 g/mol. The summed E-state index contributed by atoms with van der Waals surface area (Å²) in [5, 5.41) is 3.87. The minimum absolute atomic E-state index is 0.236. The second-order valence-corrected chi connectivity index (χ2v) is 9.08. The number of rotatable bonds is 3. The number of nitrogens with zero attached hydrogens (tertiary/aromatic N) is 4. The SMILES string of the molecule is Cc1cccnc1[C@@H]1CCC[C@H](C2CN3C(C4CCN(C)C(=O)C4)=CC=CC3=N2)N1. The molecule has 4 aliphatic rings. The lowest BCUT2D eigenvalue weighted by molar-refractivity contribution is -0.133. The lowest BCUT2D eigenvalue weighted by Crippen LogP contribution is -2.47.